The first-order valence-corrected chi connectivity index (χ1v) is 11.8. The number of methoxy groups -OCH3 is 2. The number of fused-ring (bicyclic) bond motifs is 1. The van der Waals surface area contributed by atoms with Crippen LogP contribution >= 0.6 is 11.3 Å². The Morgan fingerprint density at radius 3 is 2.62 bits per heavy atom. The fourth-order valence-electron chi connectivity index (χ4n) is 3.88. The van der Waals surface area contributed by atoms with Gasteiger partial charge < -0.3 is 14.4 Å². The van der Waals surface area contributed by atoms with Crippen molar-refractivity contribution in [3.05, 3.63) is 62.8 Å². The highest BCUT2D eigenvalue weighted by Gasteiger charge is 2.28. The van der Waals surface area contributed by atoms with E-state index in [9.17, 15) is 9.59 Å². The van der Waals surface area contributed by atoms with Crippen LogP contribution in [-0.4, -0.2) is 54.3 Å². The van der Waals surface area contributed by atoms with Gasteiger partial charge in [0, 0.05) is 32.2 Å². The van der Waals surface area contributed by atoms with Crippen LogP contribution in [0.4, 0.5) is 0 Å². The molecule has 0 fully saturated rings. The van der Waals surface area contributed by atoms with E-state index in [0.717, 1.165) is 4.88 Å². The van der Waals surface area contributed by atoms with Gasteiger partial charge in [-0.15, -0.1) is 11.3 Å². The van der Waals surface area contributed by atoms with Crippen molar-refractivity contribution in [3.8, 4) is 0 Å². The summed E-state index contributed by atoms with van der Waals surface area (Å²) in [6.45, 7) is 3.87. The molecule has 0 aliphatic heterocycles. The molecule has 0 aliphatic rings. The van der Waals surface area contributed by atoms with Gasteiger partial charge in [0.05, 0.1) is 36.5 Å². The average molecular weight is 458 g/mol. The number of amides is 1. The lowest BCUT2D eigenvalue weighted by molar-refractivity contribution is -0.133. The predicted octanol–water partition coefficient (Wildman–Crippen LogP) is 3.66. The zero-order chi connectivity index (χ0) is 22.9. The third kappa shape index (κ3) is 5.62. The van der Waals surface area contributed by atoms with Gasteiger partial charge in [-0.3, -0.25) is 14.2 Å². The zero-order valence-corrected chi connectivity index (χ0v) is 19.8. The molecule has 1 atom stereocenters. The van der Waals surface area contributed by atoms with Crippen LogP contribution < -0.4 is 5.56 Å². The quantitative estimate of drug-likeness (QED) is 0.388. The lowest BCUT2D eigenvalue weighted by atomic mass is 10.1. The van der Waals surface area contributed by atoms with Gasteiger partial charge in [0.15, 0.2) is 0 Å². The molecular weight excluding hydrogens is 426 g/mol. The van der Waals surface area contributed by atoms with Crippen LogP contribution in [-0.2, 0) is 27.2 Å². The third-order valence-corrected chi connectivity index (χ3v) is 6.32. The van der Waals surface area contributed by atoms with E-state index < -0.39 is 0 Å². The lowest BCUT2D eigenvalue weighted by Crippen LogP contribution is -2.40. The first kappa shape index (κ1) is 24.1. The summed E-state index contributed by atoms with van der Waals surface area (Å²) in [5.41, 5.74) is 0.533. The molecule has 0 saturated heterocycles. The summed E-state index contributed by atoms with van der Waals surface area (Å²) in [7, 11) is 3.26. The van der Waals surface area contributed by atoms with E-state index in [1.807, 2.05) is 47.5 Å². The second kappa shape index (κ2) is 11.9. The Bertz CT molecular complexity index is 1060. The fourth-order valence-corrected chi connectivity index (χ4v) is 4.57. The molecule has 0 saturated carbocycles. The van der Waals surface area contributed by atoms with Crippen molar-refractivity contribution in [3.63, 3.8) is 0 Å². The molecule has 7 nitrogen and oxygen atoms in total. The molecule has 2 heterocycles. The van der Waals surface area contributed by atoms with Crippen LogP contribution in [0.25, 0.3) is 10.9 Å². The lowest BCUT2D eigenvalue weighted by Gasteiger charge is -2.32. The highest BCUT2D eigenvalue weighted by atomic mass is 32.1. The zero-order valence-electron chi connectivity index (χ0n) is 19.0. The summed E-state index contributed by atoms with van der Waals surface area (Å²) in [5, 5.41) is 2.54. The van der Waals surface area contributed by atoms with Crippen LogP contribution in [0.15, 0.2) is 46.6 Å². The maximum Gasteiger partial charge on any atom is 0.261 e. The summed E-state index contributed by atoms with van der Waals surface area (Å²) in [5.74, 6) is 0.626. The number of carbonyl (C=O) groups excluding carboxylic acids is 1. The van der Waals surface area contributed by atoms with Gasteiger partial charge >= 0.3 is 0 Å². The van der Waals surface area contributed by atoms with Crippen molar-refractivity contribution in [2.45, 2.75) is 38.8 Å². The van der Waals surface area contributed by atoms with Gasteiger partial charge in [0.25, 0.3) is 5.56 Å². The Balaban J connectivity index is 2.06. The number of thiophene rings is 1. The largest absolute Gasteiger partial charge is 0.385 e. The standard InChI is InChI=1S/C24H31N3O4S/c1-4-21(26(12-8-14-30-2)22(28)17-18-9-7-16-32-18)23-25-20-11-6-5-10-19(20)24(29)27(23)13-15-31-3/h5-7,9-11,16,21H,4,8,12-15,17H2,1-3H3. The number of para-hydroxylation sites is 1. The molecule has 2 aromatic heterocycles. The molecule has 3 rings (SSSR count). The molecule has 1 aromatic carbocycles. The number of carbonyl (C=O) groups is 1. The normalized spacial score (nSPS) is 12.2. The molecule has 0 spiro atoms. The van der Waals surface area contributed by atoms with E-state index >= 15 is 0 Å². The van der Waals surface area contributed by atoms with Crippen molar-refractivity contribution < 1.29 is 14.3 Å². The van der Waals surface area contributed by atoms with Gasteiger partial charge in [0.1, 0.15) is 5.82 Å². The third-order valence-electron chi connectivity index (χ3n) is 5.44. The van der Waals surface area contributed by atoms with Crippen LogP contribution in [0.1, 0.15) is 36.5 Å². The molecule has 1 amide bonds. The van der Waals surface area contributed by atoms with Gasteiger partial charge in [-0.05, 0) is 36.4 Å². The Morgan fingerprint density at radius 1 is 1.16 bits per heavy atom. The summed E-state index contributed by atoms with van der Waals surface area (Å²) in [6, 6.07) is 10.9. The van der Waals surface area contributed by atoms with Crippen molar-refractivity contribution in [2.24, 2.45) is 0 Å². The van der Waals surface area contributed by atoms with E-state index in [4.69, 9.17) is 14.5 Å². The maximum absolute atomic E-state index is 13.4. The molecule has 32 heavy (non-hydrogen) atoms. The minimum Gasteiger partial charge on any atom is -0.385 e. The summed E-state index contributed by atoms with van der Waals surface area (Å²) >= 11 is 1.57. The Hall–Kier alpha value is -2.55. The van der Waals surface area contributed by atoms with Gasteiger partial charge in [-0.25, -0.2) is 4.98 Å². The Morgan fingerprint density at radius 2 is 1.94 bits per heavy atom. The number of hydrogen-bond donors (Lipinski definition) is 0. The van der Waals surface area contributed by atoms with Gasteiger partial charge in [0.2, 0.25) is 5.91 Å². The number of benzene rings is 1. The molecule has 8 heteroatoms. The Kier molecular flexibility index (Phi) is 8.96. The first-order valence-electron chi connectivity index (χ1n) is 10.9. The SMILES string of the molecule is CCC(c1nc2ccccc2c(=O)n1CCOC)N(CCCOC)C(=O)Cc1cccs1. The molecule has 0 aliphatic carbocycles. The average Bonchev–Trinajstić information content (AvgIpc) is 3.31. The minimum absolute atomic E-state index is 0.0242. The van der Waals surface area contributed by atoms with E-state index in [-0.39, 0.29) is 17.5 Å². The van der Waals surface area contributed by atoms with Gasteiger partial charge in [-0.1, -0.05) is 25.1 Å². The number of aromatic nitrogens is 2. The summed E-state index contributed by atoms with van der Waals surface area (Å²) in [6.07, 6.45) is 1.68. The fraction of sp³-hybridized carbons (Fsp3) is 0.458. The second-order valence-corrected chi connectivity index (χ2v) is 8.58. The molecule has 1 unspecified atom stereocenters. The van der Waals surface area contributed by atoms with Crippen molar-refractivity contribution in [1.82, 2.24) is 14.5 Å². The molecule has 3 aromatic rings. The summed E-state index contributed by atoms with van der Waals surface area (Å²) < 4.78 is 12.2. The highest BCUT2D eigenvalue weighted by molar-refractivity contribution is 7.10. The topological polar surface area (TPSA) is 73.7 Å². The number of ether oxygens (including phenoxy) is 2. The smallest absolute Gasteiger partial charge is 0.261 e. The number of nitrogens with zero attached hydrogens (tertiary/aromatic N) is 3. The van der Waals surface area contributed by atoms with Gasteiger partial charge in [-0.2, -0.15) is 0 Å². The minimum atomic E-state index is -0.325. The highest BCUT2D eigenvalue weighted by Crippen LogP contribution is 2.26. The van der Waals surface area contributed by atoms with Crippen molar-refractivity contribution in [1.29, 1.82) is 0 Å². The van der Waals surface area contributed by atoms with E-state index in [1.165, 1.54) is 0 Å². The van der Waals surface area contributed by atoms with E-state index in [2.05, 4.69) is 0 Å². The predicted molar refractivity (Wildman–Crippen MR) is 127 cm³/mol. The van der Waals surface area contributed by atoms with E-state index in [1.54, 1.807) is 36.2 Å². The number of hydrogen-bond acceptors (Lipinski definition) is 6. The second-order valence-electron chi connectivity index (χ2n) is 7.55. The monoisotopic (exact) mass is 457 g/mol. The van der Waals surface area contributed by atoms with Crippen molar-refractivity contribution in [2.75, 3.05) is 34.0 Å². The summed E-state index contributed by atoms with van der Waals surface area (Å²) in [4.78, 5) is 34.5. The van der Waals surface area contributed by atoms with E-state index in [0.29, 0.717) is 62.3 Å². The van der Waals surface area contributed by atoms with Crippen LogP contribution in [0.3, 0.4) is 0 Å². The molecular formula is C24H31N3O4S. The molecule has 172 valence electrons. The molecule has 0 radical (unpaired) electrons. The maximum atomic E-state index is 13.4. The number of rotatable bonds is 12. The Labute approximate surface area is 192 Å². The first-order chi connectivity index (χ1) is 15.6. The van der Waals surface area contributed by atoms with Crippen LogP contribution in [0, 0.1) is 0 Å². The molecule has 0 N–H and O–H groups in total. The van der Waals surface area contributed by atoms with Crippen LogP contribution in [0.2, 0.25) is 0 Å². The molecule has 0 bridgehead atoms. The van der Waals surface area contributed by atoms with Crippen molar-refractivity contribution >= 4 is 28.1 Å². The van der Waals surface area contributed by atoms with Crippen LogP contribution in [0.5, 0.6) is 0 Å².